The number of amides is 3. The van der Waals surface area contributed by atoms with E-state index in [0.29, 0.717) is 50.3 Å². The molecule has 7 heteroatoms. The summed E-state index contributed by atoms with van der Waals surface area (Å²) in [5, 5.41) is 0. The Balaban J connectivity index is 1.38. The predicted octanol–water partition coefficient (Wildman–Crippen LogP) is 1.67. The number of aromatic nitrogens is 1. The van der Waals surface area contributed by atoms with Gasteiger partial charge in [0, 0.05) is 50.7 Å². The number of rotatable bonds is 3. The number of piperazine rings is 1. The van der Waals surface area contributed by atoms with Crippen LogP contribution in [-0.2, 0) is 4.79 Å². The third-order valence-corrected chi connectivity index (χ3v) is 5.61. The summed E-state index contributed by atoms with van der Waals surface area (Å²) in [5.41, 5.74) is 1.17. The highest BCUT2D eigenvalue weighted by atomic mass is 16.2. The summed E-state index contributed by atoms with van der Waals surface area (Å²) in [6, 6.07) is 12.2. The summed E-state index contributed by atoms with van der Waals surface area (Å²) >= 11 is 0. The molecule has 7 nitrogen and oxygen atoms in total. The number of likely N-dealkylation sites (tertiary alicyclic amines) is 1. The molecule has 0 spiro atoms. The van der Waals surface area contributed by atoms with E-state index in [0.717, 1.165) is 6.42 Å². The minimum atomic E-state index is -0.414. The van der Waals surface area contributed by atoms with Gasteiger partial charge in [-0.1, -0.05) is 18.2 Å². The third kappa shape index (κ3) is 3.99. The molecule has 0 bridgehead atoms. The molecule has 2 aromatic rings. The van der Waals surface area contributed by atoms with Crippen LogP contribution >= 0.6 is 0 Å². The maximum absolute atomic E-state index is 13.1. The highest BCUT2D eigenvalue weighted by molar-refractivity contribution is 5.98. The van der Waals surface area contributed by atoms with Crippen molar-refractivity contribution in [1.29, 1.82) is 0 Å². The lowest BCUT2D eigenvalue weighted by Crippen LogP contribution is -2.55. The summed E-state index contributed by atoms with van der Waals surface area (Å²) < 4.78 is 0. The van der Waals surface area contributed by atoms with Gasteiger partial charge in [-0.25, -0.2) is 0 Å². The van der Waals surface area contributed by atoms with Crippen molar-refractivity contribution in [3.63, 3.8) is 0 Å². The maximum atomic E-state index is 13.1. The summed E-state index contributed by atoms with van der Waals surface area (Å²) in [6.45, 7) is 2.53. The van der Waals surface area contributed by atoms with Crippen LogP contribution in [-0.4, -0.2) is 76.2 Å². The van der Waals surface area contributed by atoms with Crippen molar-refractivity contribution in [2.24, 2.45) is 0 Å². The topological polar surface area (TPSA) is 73.8 Å². The molecule has 3 amide bonds. The van der Waals surface area contributed by atoms with Gasteiger partial charge in [0.2, 0.25) is 5.91 Å². The predicted molar refractivity (Wildman–Crippen MR) is 107 cm³/mol. The van der Waals surface area contributed by atoms with E-state index in [4.69, 9.17) is 0 Å². The Labute approximate surface area is 169 Å². The van der Waals surface area contributed by atoms with E-state index < -0.39 is 6.04 Å². The molecule has 2 saturated heterocycles. The van der Waals surface area contributed by atoms with E-state index in [1.807, 2.05) is 18.2 Å². The van der Waals surface area contributed by atoms with Gasteiger partial charge in [0.15, 0.2) is 0 Å². The van der Waals surface area contributed by atoms with Crippen LogP contribution in [0.25, 0.3) is 0 Å². The quantitative estimate of drug-likeness (QED) is 0.797. The van der Waals surface area contributed by atoms with Gasteiger partial charge in [-0.3, -0.25) is 19.4 Å². The van der Waals surface area contributed by atoms with Crippen molar-refractivity contribution in [1.82, 2.24) is 19.7 Å². The normalized spacial score (nSPS) is 19.3. The monoisotopic (exact) mass is 392 g/mol. The molecule has 0 N–H and O–H groups in total. The smallest absolute Gasteiger partial charge is 0.255 e. The van der Waals surface area contributed by atoms with Crippen molar-refractivity contribution < 1.29 is 14.4 Å². The molecule has 1 aromatic carbocycles. The van der Waals surface area contributed by atoms with Crippen LogP contribution < -0.4 is 0 Å². The lowest BCUT2D eigenvalue weighted by molar-refractivity contribution is -0.136. The Bertz CT molecular complexity index is 879. The summed E-state index contributed by atoms with van der Waals surface area (Å²) in [7, 11) is 0. The molecule has 0 aliphatic carbocycles. The average Bonchev–Trinajstić information content (AvgIpc) is 3.29. The second kappa shape index (κ2) is 8.43. The lowest BCUT2D eigenvalue weighted by atomic mass is 10.1. The first-order valence-electron chi connectivity index (χ1n) is 9.99. The molecule has 4 rings (SSSR count). The van der Waals surface area contributed by atoms with E-state index in [1.165, 1.54) is 0 Å². The van der Waals surface area contributed by atoms with Gasteiger partial charge < -0.3 is 14.7 Å². The van der Waals surface area contributed by atoms with Crippen molar-refractivity contribution in [2.45, 2.75) is 18.9 Å². The molecule has 3 heterocycles. The maximum Gasteiger partial charge on any atom is 0.255 e. The molecule has 1 unspecified atom stereocenters. The zero-order valence-electron chi connectivity index (χ0n) is 16.2. The molecule has 150 valence electrons. The highest BCUT2D eigenvalue weighted by Crippen LogP contribution is 2.23. The van der Waals surface area contributed by atoms with Gasteiger partial charge in [0.1, 0.15) is 6.04 Å². The Morgan fingerprint density at radius 1 is 0.793 bits per heavy atom. The summed E-state index contributed by atoms with van der Waals surface area (Å²) in [6.07, 6.45) is 4.71. The Hall–Kier alpha value is -3.22. The Morgan fingerprint density at radius 2 is 1.48 bits per heavy atom. The van der Waals surface area contributed by atoms with E-state index in [9.17, 15) is 14.4 Å². The van der Waals surface area contributed by atoms with Crippen molar-refractivity contribution in [2.75, 3.05) is 32.7 Å². The third-order valence-electron chi connectivity index (χ3n) is 5.61. The fraction of sp³-hybridized carbons (Fsp3) is 0.364. The summed E-state index contributed by atoms with van der Waals surface area (Å²) in [5.74, 6) is -0.168. The molecule has 2 fully saturated rings. The number of nitrogens with zero attached hydrogens (tertiary/aromatic N) is 4. The van der Waals surface area contributed by atoms with E-state index in [2.05, 4.69) is 4.98 Å². The minimum absolute atomic E-state index is 0.0137. The average molecular weight is 392 g/mol. The van der Waals surface area contributed by atoms with Crippen LogP contribution in [0.2, 0.25) is 0 Å². The van der Waals surface area contributed by atoms with E-state index >= 15 is 0 Å². The number of carbonyl (C=O) groups excluding carboxylic acids is 3. The van der Waals surface area contributed by atoms with Crippen LogP contribution in [0.4, 0.5) is 0 Å². The van der Waals surface area contributed by atoms with Gasteiger partial charge in [0.25, 0.3) is 11.8 Å². The Kier molecular flexibility index (Phi) is 5.55. The summed E-state index contributed by atoms with van der Waals surface area (Å²) in [4.78, 5) is 47.7. The van der Waals surface area contributed by atoms with Crippen LogP contribution in [0.15, 0.2) is 54.9 Å². The molecule has 2 aliphatic rings. The van der Waals surface area contributed by atoms with Gasteiger partial charge >= 0.3 is 0 Å². The number of benzene rings is 1. The molecule has 1 aromatic heterocycles. The van der Waals surface area contributed by atoms with Crippen molar-refractivity contribution >= 4 is 17.7 Å². The molecular weight excluding hydrogens is 368 g/mol. The zero-order chi connectivity index (χ0) is 20.2. The van der Waals surface area contributed by atoms with E-state index in [1.54, 1.807) is 51.4 Å². The van der Waals surface area contributed by atoms with Gasteiger partial charge in [-0.05, 0) is 37.1 Å². The van der Waals surface area contributed by atoms with Crippen molar-refractivity contribution in [3.8, 4) is 0 Å². The van der Waals surface area contributed by atoms with E-state index in [-0.39, 0.29) is 17.7 Å². The van der Waals surface area contributed by atoms with Gasteiger partial charge in [0.05, 0.1) is 5.56 Å². The number of carbonyl (C=O) groups is 3. The van der Waals surface area contributed by atoms with Crippen LogP contribution in [0.5, 0.6) is 0 Å². The van der Waals surface area contributed by atoms with Crippen molar-refractivity contribution in [3.05, 3.63) is 66.0 Å². The molecule has 0 radical (unpaired) electrons. The lowest BCUT2D eigenvalue weighted by Gasteiger charge is -2.37. The number of pyridine rings is 1. The van der Waals surface area contributed by atoms with Crippen LogP contribution in [0.1, 0.15) is 33.6 Å². The standard InChI is InChI=1S/C22H24N4O3/c27-20(18-8-4-10-23-16-18)24-12-14-25(15-13-24)22(29)19-9-5-11-26(19)21(28)17-6-2-1-3-7-17/h1-4,6-8,10,16,19H,5,9,11-15H2. The second-order valence-corrected chi connectivity index (χ2v) is 7.38. The molecule has 29 heavy (non-hydrogen) atoms. The zero-order valence-corrected chi connectivity index (χ0v) is 16.2. The first kappa shape index (κ1) is 19.1. The SMILES string of the molecule is O=C(c1cccnc1)N1CCN(C(=O)C2CCCN2C(=O)c2ccccc2)CC1. The minimum Gasteiger partial charge on any atom is -0.337 e. The molecular formula is C22H24N4O3. The fourth-order valence-corrected chi connectivity index (χ4v) is 4.03. The largest absolute Gasteiger partial charge is 0.337 e. The highest BCUT2D eigenvalue weighted by Gasteiger charge is 2.38. The molecule has 0 saturated carbocycles. The number of hydrogen-bond donors (Lipinski definition) is 0. The first-order valence-corrected chi connectivity index (χ1v) is 9.99. The van der Waals surface area contributed by atoms with Gasteiger partial charge in [-0.15, -0.1) is 0 Å². The first-order chi connectivity index (χ1) is 14.1. The fourth-order valence-electron chi connectivity index (χ4n) is 4.03. The van der Waals surface area contributed by atoms with Crippen LogP contribution in [0.3, 0.4) is 0 Å². The van der Waals surface area contributed by atoms with Crippen LogP contribution in [0, 0.1) is 0 Å². The van der Waals surface area contributed by atoms with Gasteiger partial charge in [-0.2, -0.15) is 0 Å². The molecule has 1 atom stereocenters. The molecule has 2 aliphatic heterocycles. The number of hydrogen-bond acceptors (Lipinski definition) is 4. The Morgan fingerprint density at radius 3 is 2.17 bits per heavy atom. The second-order valence-electron chi connectivity index (χ2n) is 7.38.